The van der Waals surface area contributed by atoms with Crippen LogP contribution in [0.1, 0.15) is 38.2 Å². The van der Waals surface area contributed by atoms with Gasteiger partial charge in [-0.1, -0.05) is 29.8 Å². The van der Waals surface area contributed by atoms with E-state index in [-0.39, 0.29) is 29.9 Å². The van der Waals surface area contributed by atoms with Gasteiger partial charge in [0.1, 0.15) is 0 Å². The van der Waals surface area contributed by atoms with Crippen molar-refractivity contribution in [2.75, 3.05) is 19.6 Å². The van der Waals surface area contributed by atoms with Crippen LogP contribution < -0.4 is 16.0 Å². The molecule has 0 heterocycles. The van der Waals surface area contributed by atoms with E-state index in [1.165, 1.54) is 0 Å². The van der Waals surface area contributed by atoms with Crippen LogP contribution in [0, 0.1) is 0 Å². The van der Waals surface area contributed by atoms with E-state index in [1.54, 1.807) is 0 Å². The average molecular weight is 479 g/mol. The van der Waals surface area contributed by atoms with E-state index < -0.39 is 0 Å². The van der Waals surface area contributed by atoms with E-state index >= 15 is 0 Å². The molecule has 1 aliphatic carbocycles. The first-order valence-corrected chi connectivity index (χ1v) is 9.11. The quantitative estimate of drug-likeness (QED) is 0.221. The molecule has 1 amide bonds. The zero-order valence-corrected chi connectivity index (χ0v) is 17.8. The van der Waals surface area contributed by atoms with Gasteiger partial charge >= 0.3 is 0 Å². The Morgan fingerprint density at radius 3 is 2.72 bits per heavy atom. The fraction of sp³-hybridized carbons (Fsp3) is 0.556. The summed E-state index contributed by atoms with van der Waals surface area (Å²) >= 11 is 6.16. The van der Waals surface area contributed by atoms with Crippen molar-refractivity contribution < 1.29 is 4.79 Å². The molecule has 0 aromatic heterocycles. The van der Waals surface area contributed by atoms with Crippen LogP contribution in [0.15, 0.2) is 29.3 Å². The monoisotopic (exact) mass is 478 g/mol. The second kappa shape index (κ2) is 12.4. The van der Waals surface area contributed by atoms with Crippen molar-refractivity contribution in [3.05, 3.63) is 34.9 Å². The maximum Gasteiger partial charge on any atom is 0.220 e. The number of nitrogens with zero attached hydrogens (tertiary/aromatic N) is 1. The van der Waals surface area contributed by atoms with Crippen LogP contribution >= 0.6 is 35.6 Å². The van der Waals surface area contributed by atoms with Crippen molar-refractivity contribution in [2.24, 2.45) is 4.99 Å². The van der Waals surface area contributed by atoms with E-state index in [0.717, 1.165) is 55.3 Å². The summed E-state index contributed by atoms with van der Waals surface area (Å²) in [7, 11) is 0. The van der Waals surface area contributed by atoms with Gasteiger partial charge in [-0.2, -0.15) is 0 Å². The van der Waals surface area contributed by atoms with Gasteiger partial charge in [-0.25, -0.2) is 0 Å². The molecule has 25 heavy (non-hydrogen) atoms. The smallest absolute Gasteiger partial charge is 0.220 e. The van der Waals surface area contributed by atoms with E-state index in [2.05, 4.69) is 20.9 Å². The summed E-state index contributed by atoms with van der Waals surface area (Å²) in [5.74, 6) is 0.927. The number of carbonyl (C=O) groups is 1. The van der Waals surface area contributed by atoms with Crippen molar-refractivity contribution in [3.8, 4) is 0 Å². The predicted octanol–water partition coefficient (Wildman–Crippen LogP) is 3.11. The fourth-order valence-corrected chi connectivity index (χ4v) is 2.55. The number of amides is 1. The summed E-state index contributed by atoms with van der Waals surface area (Å²) in [4.78, 5) is 16.1. The number of rotatable bonds is 9. The second-order valence-corrected chi connectivity index (χ2v) is 6.38. The second-order valence-electron chi connectivity index (χ2n) is 5.97. The summed E-state index contributed by atoms with van der Waals surface area (Å²) in [6.45, 7) is 4.24. The molecular weight excluding hydrogens is 451 g/mol. The maximum absolute atomic E-state index is 11.6. The molecule has 1 fully saturated rings. The summed E-state index contributed by atoms with van der Waals surface area (Å²) in [5, 5.41) is 10.3. The molecule has 5 nitrogen and oxygen atoms in total. The minimum atomic E-state index is 0. The number of hydrogen-bond donors (Lipinski definition) is 3. The molecule has 0 unspecified atom stereocenters. The van der Waals surface area contributed by atoms with Crippen LogP contribution in [-0.4, -0.2) is 37.5 Å². The van der Waals surface area contributed by atoms with Crippen molar-refractivity contribution in [1.29, 1.82) is 0 Å². The highest BCUT2D eigenvalue weighted by Crippen LogP contribution is 2.18. The van der Waals surface area contributed by atoms with Crippen LogP contribution in [0.4, 0.5) is 0 Å². The first-order valence-electron chi connectivity index (χ1n) is 8.74. The SMILES string of the molecule is CCNC(=NCCCC(=O)NC1CC1)NCCc1ccccc1Cl.I. The molecule has 7 heteroatoms. The highest BCUT2D eigenvalue weighted by atomic mass is 127. The lowest BCUT2D eigenvalue weighted by Gasteiger charge is -2.11. The molecule has 0 radical (unpaired) electrons. The summed E-state index contributed by atoms with van der Waals surface area (Å²) < 4.78 is 0. The predicted molar refractivity (Wildman–Crippen MR) is 115 cm³/mol. The van der Waals surface area contributed by atoms with Gasteiger partial charge in [-0.15, -0.1) is 24.0 Å². The Morgan fingerprint density at radius 1 is 1.28 bits per heavy atom. The minimum absolute atomic E-state index is 0. The minimum Gasteiger partial charge on any atom is -0.357 e. The summed E-state index contributed by atoms with van der Waals surface area (Å²) in [6.07, 6.45) is 4.40. The third-order valence-corrected chi connectivity index (χ3v) is 4.13. The van der Waals surface area contributed by atoms with Crippen LogP contribution in [0.2, 0.25) is 5.02 Å². The topological polar surface area (TPSA) is 65.5 Å². The van der Waals surface area contributed by atoms with Crippen LogP contribution in [0.25, 0.3) is 0 Å². The molecule has 3 N–H and O–H groups in total. The first-order chi connectivity index (χ1) is 11.7. The van der Waals surface area contributed by atoms with Crippen molar-refractivity contribution in [1.82, 2.24) is 16.0 Å². The molecule has 0 atom stereocenters. The molecule has 1 aromatic carbocycles. The van der Waals surface area contributed by atoms with Gasteiger partial charge in [0.25, 0.3) is 0 Å². The average Bonchev–Trinajstić information content (AvgIpc) is 3.37. The molecule has 0 spiro atoms. The lowest BCUT2D eigenvalue weighted by molar-refractivity contribution is -0.121. The largest absolute Gasteiger partial charge is 0.357 e. The Kier molecular flexibility index (Phi) is 10.9. The first kappa shape index (κ1) is 22.0. The Bertz CT molecular complexity index is 564. The Labute approximate surface area is 172 Å². The maximum atomic E-state index is 11.6. The van der Waals surface area contributed by atoms with E-state index in [1.807, 2.05) is 31.2 Å². The molecule has 1 aromatic rings. The van der Waals surface area contributed by atoms with Gasteiger partial charge in [0.15, 0.2) is 5.96 Å². The van der Waals surface area contributed by atoms with Gasteiger partial charge in [0, 0.05) is 37.1 Å². The highest BCUT2D eigenvalue weighted by Gasteiger charge is 2.22. The van der Waals surface area contributed by atoms with Gasteiger partial charge in [-0.05, 0) is 44.2 Å². The Hall–Kier alpha value is -1.02. The van der Waals surface area contributed by atoms with Gasteiger partial charge in [0.05, 0.1) is 0 Å². The normalized spacial score (nSPS) is 13.8. The van der Waals surface area contributed by atoms with Crippen molar-refractivity contribution in [2.45, 2.75) is 45.1 Å². The summed E-state index contributed by atoms with van der Waals surface area (Å²) in [5.41, 5.74) is 1.12. The highest BCUT2D eigenvalue weighted by molar-refractivity contribution is 14.0. The molecule has 1 saturated carbocycles. The third-order valence-electron chi connectivity index (χ3n) is 3.76. The van der Waals surface area contributed by atoms with Gasteiger partial charge < -0.3 is 16.0 Å². The standard InChI is InChI=1S/C18H27ClN4O.HI/c1-2-20-18(21-12-5-8-17(24)23-15-9-10-15)22-13-11-14-6-3-4-7-16(14)19;/h3-4,6-7,15H,2,5,8-13H2,1H3,(H,23,24)(H2,20,21,22);1H. The van der Waals surface area contributed by atoms with Gasteiger partial charge in [0.2, 0.25) is 5.91 Å². The van der Waals surface area contributed by atoms with Crippen LogP contribution in [0.3, 0.4) is 0 Å². The number of guanidine groups is 1. The molecular formula is C18H28ClIN4O. The summed E-state index contributed by atoms with van der Waals surface area (Å²) in [6, 6.07) is 8.30. The number of carbonyl (C=O) groups excluding carboxylic acids is 1. The zero-order valence-electron chi connectivity index (χ0n) is 14.7. The molecule has 0 aliphatic heterocycles. The number of hydrogen-bond acceptors (Lipinski definition) is 2. The van der Waals surface area contributed by atoms with E-state index in [0.29, 0.717) is 19.0 Å². The Balaban J connectivity index is 0.00000312. The number of nitrogens with one attached hydrogen (secondary N) is 3. The number of halogens is 2. The third kappa shape index (κ3) is 9.30. The number of benzene rings is 1. The fourth-order valence-electron chi connectivity index (χ4n) is 2.32. The van der Waals surface area contributed by atoms with Gasteiger partial charge in [-0.3, -0.25) is 9.79 Å². The van der Waals surface area contributed by atoms with E-state index in [4.69, 9.17) is 11.6 Å². The van der Waals surface area contributed by atoms with Crippen molar-refractivity contribution >= 4 is 47.4 Å². The van der Waals surface area contributed by atoms with Crippen LogP contribution in [-0.2, 0) is 11.2 Å². The number of aliphatic imine (C=N–C) groups is 1. The van der Waals surface area contributed by atoms with E-state index in [9.17, 15) is 4.79 Å². The lowest BCUT2D eigenvalue weighted by atomic mass is 10.1. The Morgan fingerprint density at radius 2 is 2.04 bits per heavy atom. The van der Waals surface area contributed by atoms with Crippen LogP contribution in [0.5, 0.6) is 0 Å². The molecule has 140 valence electrons. The molecule has 0 saturated heterocycles. The van der Waals surface area contributed by atoms with Crippen molar-refractivity contribution in [3.63, 3.8) is 0 Å². The zero-order chi connectivity index (χ0) is 17.2. The molecule has 2 rings (SSSR count). The lowest BCUT2D eigenvalue weighted by Crippen LogP contribution is -2.38. The molecule has 1 aliphatic rings. The molecule has 0 bridgehead atoms.